The zero-order chi connectivity index (χ0) is 25.1. The van der Waals surface area contributed by atoms with Crippen LogP contribution in [-0.2, 0) is 11.3 Å². The molecular weight excluding hydrogens is 645 g/mol. The lowest BCUT2D eigenvalue weighted by molar-refractivity contribution is -0.123. The molecule has 1 fully saturated rings. The van der Waals surface area contributed by atoms with Gasteiger partial charge in [0.1, 0.15) is 0 Å². The number of methoxy groups -OCH3 is 1. The van der Waals surface area contributed by atoms with Gasteiger partial charge in [-0.25, -0.2) is 4.79 Å². The van der Waals surface area contributed by atoms with Gasteiger partial charge in [0.15, 0.2) is 11.5 Å². The third-order valence-electron chi connectivity index (χ3n) is 5.16. The van der Waals surface area contributed by atoms with Crippen molar-refractivity contribution in [3.05, 3.63) is 95.9 Å². The molecule has 0 spiro atoms. The molecule has 0 aliphatic carbocycles. The number of halogens is 2. The van der Waals surface area contributed by atoms with Crippen LogP contribution in [0.25, 0.3) is 6.08 Å². The highest BCUT2D eigenvalue weighted by atomic mass is 127. The first-order valence-electron chi connectivity index (χ1n) is 10.4. The van der Waals surface area contributed by atoms with Crippen LogP contribution in [0.5, 0.6) is 11.5 Å². The minimum absolute atomic E-state index is 0.198. The smallest absolute Gasteiger partial charge is 0.343 e. The number of carbonyl (C=O) groups excluding carboxylic acids is 3. The van der Waals surface area contributed by atoms with Gasteiger partial charge < -0.3 is 9.47 Å². The van der Waals surface area contributed by atoms with E-state index in [1.807, 2.05) is 43.3 Å². The molecule has 1 heterocycles. The molecule has 3 aromatic rings. The number of nitrogens with zero attached hydrogens (tertiary/aromatic N) is 1. The summed E-state index contributed by atoms with van der Waals surface area (Å²) in [6.45, 7) is 2.14. The molecule has 1 aliphatic rings. The van der Waals surface area contributed by atoms with Crippen molar-refractivity contribution in [2.24, 2.45) is 0 Å². The molecule has 6 nitrogen and oxygen atoms in total. The Bertz CT molecular complexity index is 1340. The Morgan fingerprint density at radius 2 is 1.77 bits per heavy atom. The molecule has 9 heteroatoms. The molecule has 0 aromatic heterocycles. The average Bonchev–Trinajstić information content (AvgIpc) is 3.09. The van der Waals surface area contributed by atoms with Crippen LogP contribution in [0.2, 0.25) is 0 Å². The van der Waals surface area contributed by atoms with E-state index >= 15 is 0 Å². The predicted octanol–water partition coefficient (Wildman–Crippen LogP) is 6.83. The Labute approximate surface area is 228 Å². The highest BCUT2D eigenvalue weighted by Gasteiger charge is 2.35. The van der Waals surface area contributed by atoms with Crippen LogP contribution in [0.15, 0.2) is 70.0 Å². The SMILES string of the molecule is COc1cc(/C=C2\SC(=O)N(Cc3ccc(Br)cc3)C2=O)cc(I)c1OC(=O)c1ccc(C)cc1. The van der Waals surface area contributed by atoms with Gasteiger partial charge in [0, 0.05) is 4.47 Å². The van der Waals surface area contributed by atoms with Crippen LogP contribution < -0.4 is 9.47 Å². The summed E-state index contributed by atoms with van der Waals surface area (Å²) >= 11 is 6.32. The van der Waals surface area contributed by atoms with Crippen molar-refractivity contribution >= 4 is 73.5 Å². The van der Waals surface area contributed by atoms with Crippen molar-refractivity contribution in [1.82, 2.24) is 4.90 Å². The van der Waals surface area contributed by atoms with Gasteiger partial charge in [0.25, 0.3) is 11.1 Å². The van der Waals surface area contributed by atoms with Crippen LogP contribution in [-0.4, -0.2) is 29.1 Å². The van der Waals surface area contributed by atoms with Gasteiger partial charge in [0.2, 0.25) is 0 Å². The quantitative estimate of drug-likeness (QED) is 0.125. The number of aryl methyl sites for hydroxylation is 1. The molecule has 1 saturated heterocycles. The van der Waals surface area contributed by atoms with E-state index < -0.39 is 5.97 Å². The van der Waals surface area contributed by atoms with Crippen LogP contribution in [0.4, 0.5) is 4.79 Å². The predicted molar refractivity (Wildman–Crippen MR) is 148 cm³/mol. The zero-order valence-corrected chi connectivity index (χ0v) is 23.3. The summed E-state index contributed by atoms with van der Waals surface area (Å²) in [7, 11) is 1.48. The first-order chi connectivity index (χ1) is 16.7. The fourth-order valence-electron chi connectivity index (χ4n) is 3.32. The van der Waals surface area contributed by atoms with E-state index in [4.69, 9.17) is 9.47 Å². The molecule has 0 radical (unpaired) electrons. The van der Waals surface area contributed by atoms with E-state index in [9.17, 15) is 14.4 Å². The Kier molecular flexibility index (Phi) is 7.98. The van der Waals surface area contributed by atoms with Gasteiger partial charge in [0.05, 0.1) is 27.7 Å². The molecule has 3 aromatic carbocycles. The number of carbonyl (C=O) groups is 3. The van der Waals surface area contributed by atoms with Gasteiger partial charge in [-0.1, -0.05) is 45.8 Å². The largest absolute Gasteiger partial charge is 0.493 e. The lowest BCUT2D eigenvalue weighted by Crippen LogP contribution is -2.27. The van der Waals surface area contributed by atoms with Gasteiger partial charge in [-0.3, -0.25) is 14.5 Å². The van der Waals surface area contributed by atoms with Crippen LogP contribution in [0.1, 0.15) is 27.0 Å². The normalized spacial score (nSPS) is 14.5. The maximum absolute atomic E-state index is 12.9. The van der Waals surface area contributed by atoms with Crippen molar-refractivity contribution in [3.8, 4) is 11.5 Å². The Morgan fingerprint density at radius 3 is 2.43 bits per heavy atom. The van der Waals surface area contributed by atoms with E-state index in [0.29, 0.717) is 31.1 Å². The monoisotopic (exact) mass is 663 g/mol. The number of imide groups is 1. The van der Waals surface area contributed by atoms with E-state index in [1.54, 1.807) is 30.3 Å². The fraction of sp³-hybridized carbons (Fsp3) is 0.115. The first-order valence-corrected chi connectivity index (χ1v) is 13.1. The van der Waals surface area contributed by atoms with Crippen molar-refractivity contribution in [2.45, 2.75) is 13.5 Å². The Hall–Kier alpha value is -2.63. The number of rotatable bonds is 6. The first kappa shape index (κ1) is 25.5. The van der Waals surface area contributed by atoms with Crippen LogP contribution in [0.3, 0.4) is 0 Å². The highest BCUT2D eigenvalue weighted by molar-refractivity contribution is 14.1. The molecule has 178 valence electrons. The molecule has 0 saturated carbocycles. The second-order valence-electron chi connectivity index (χ2n) is 7.68. The number of esters is 1. The number of hydrogen-bond donors (Lipinski definition) is 0. The third-order valence-corrected chi connectivity index (χ3v) is 7.40. The summed E-state index contributed by atoms with van der Waals surface area (Å²) < 4.78 is 12.6. The summed E-state index contributed by atoms with van der Waals surface area (Å²) in [6.07, 6.45) is 1.64. The molecule has 0 atom stereocenters. The zero-order valence-electron chi connectivity index (χ0n) is 18.7. The summed E-state index contributed by atoms with van der Waals surface area (Å²) in [6, 6.07) is 18.0. The number of benzene rings is 3. The van der Waals surface area contributed by atoms with Crippen molar-refractivity contribution < 1.29 is 23.9 Å². The number of hydrogen-bond acceptors (Lipinski definition) is 6. The second-order valence-corrected chi connectivity index (χ2v) is 10.8. The van der Waals surface area contributed by atoms with Gasteiger partial charge in [-0.05, 0) is 94.9 Å². The lowest BCUT2D eigenvalue weighted by Gasteiger charge is -2.13. The van der Waals surface area contributed by atoms with E-state index in [0.717, 1.165) is 27.4 Å². The minimum Gasteiger partial charge on any atom is -0.493 e. The van der Waals surface area contributed by atoms with Gasteiger partial charge in [-0.2, -0.15) is 0 Å². The molecule has 35 heavy (non-hydrogen) atoms. The summed E-state index contributed by atoms with van der Waals surface area (Å²) in [5, 5.41) is -0.325. The molecule has 0 bridgehead atoms. The average molecular weight is 664 g/mol. The maximum Gasteiger partial charge on any atom is 0.343 e. The number of ether oxygens (including phenoxy) is 2. The highest BCUT2D eigenvalue weighted by Crippen LogP contribution is 2.38. The molecule has 0 unspecified atom stereocenters. The molecule has 4 rings (SSSR count). The van der Waals surface area contributed by atoms with Crippen molar-refractivity contribution in [1.29, 1.82) is 0 Å². The van der Waals surface area contributed by atoms with Crippen molar-refractivity contribution in [3.63, 3.8) is 0 Å². The van der Waals surface area contributed by atoms with Gasteiger partial charge >= 0.3 is 5.97 Å². The van der Waals surface area contributed by atoms with E-state index in [1.165, 1.54) is 12.0 Å². The van der Waals surface area contributed by atoms with Crippen LogP contribution >= 0.6 is 50.3 Å². The Balaban J connectivity index is 1.55. The summed E-state index contributed by atoms with van der Waals surface area (Å²) in [4.78, 5) is 39.6. The van der Waals surface area contributed by atoms with Crippen molar-refractivity contribution in [2.75, 3.05) is 7.11 Å². The van der Waals surface area contributed by atoms with Crippen LogP contribution in [0, 0.1) is 10.5 Å². The standard InChI is InChI=1S/C26H19BrINO5S/c1-15-3-7-18(8-4-15)25(31)34-23-20(28)11-17(12-21(23)33-2)13-22-24(30)29(26(32)35-22)14-16-5-9-19(27)10-6-16/h3-13H,14H2,1-2H3/b22-13-. The summed E-state index contributed by atoms with van der Waals surface area (Å²) in [5.41, 5.74) is 2.97. The number of amides is 2. The van der Waals surface area contributed by atoms with Gasteiger partial charge in [-0.15, -0.1) is 0 Å². The topological polar surface area (TPSA) is 72.9 Å². The molecular formula is C26H19BrINO5S. The van der Waals surface area contributed by atoms with E-state index in [2.05, 4.69) is 38.5 Å². The Morgan fingerprint density at radius 1 is 1.09 bits per heavy atom. The third kappa shape index (κ3) is 5.96. The number of thioether (sulfide) groups is 1. The maximum atomic E-state index is 12.9. The molecule has 0 N–H and O–H groups in total. The van der Waals surface area contributed by atoms with E-state index in [-0.39, 0.29) is 17.7 Å². The molecule has 2 amide bonds. The minimum atomic E-state index is -0.497. The second kappa shape index (κ2) is 11.0. The fourth-order valence-corrected chi connectivity index (χ4v) is 5.16. The molecule has 1 aliphatic heterocycles. The summed E-state index contributed by atoms with van der Waals surface area (Å²) in [5.74, 6) is -0.216. The lowest BCUT2D eigenvalue weighted by atomic mass is 10.1.